The third kappa shape index (κ3) is 1.79. The van der Waals surface area contributed by atoms with Crippen LogP contribution in [0, 0.1) is 5.92 Å². The van der Waals surface area contributed by atoms with E-state index in [4.69, 9.17) is 5.11 Å². The number of rotatable bonds is 3. The zero-order valence-corrected chi connectivity index (χ0v) is 11.3. The maximum absolute atomic E-state index is 12.8. The molecule has 0 radical (unpaired) electrons. The van der Waals surface area contributed by atoms with E-state index in [0.717, 1.165) is 38.8 Å². The van der Waals surface area contributed by atoms with Gasteiger partial charge < -0.3 is 10.0 Å². The smallest absolute Gasteiger partial charge is 0.234 e. The molecular formula is C14H19NO2S. The van der Waals surface area contributed by atoms with Crippen LogP contribution in [0.15, 0.2) is 17.5 Å². The zero-order valence-electron chi connectivity index (χ0n) is 10.5. The number of carbonyl (C=O) groups excluding carboxylic acids is 1. The molecule has 4 heteroatoms. The Kier molecular flexibility index (Phi) is 3.16. The van der Waals surface area contributed by atoms with Crippen molar-refractivity contribution in [2.45, 2.75) is 31.1 Å². The van der Waals surface area contributed by atoms with E-state index in [9.17, 15) is 4.79 Å². The molecule has 0 unspecified atom stereocenters. The Morgan fingerprint density at radius 1 is 1.44 bits per heavy atom. The molecule has 1 aliphatic heterocycles. The van der Waals surface area contributed by atoms with Crippen LogP contribution in [-0.4, -0.2) is 35.6 Å². The third-order valence-corrected chi connectivity index (χ3v) is 5.44. The minimum Gasteiger partial charge on any atom is -0.396 e. The summed E-state index contributed by atoms with van der Waals surface area (Å²) < 4.78 is 0. The summed E-state index contributed by atoms with van der Waals surface area (Å²) in [5.41, 5.74) is -0.241. The van der Waals surface area contributed by atoms with E-state index in [1.54, 1.807) is 11.3 Å². The molecule has 3 nitrogen and oxygen atoms in total. The Balaban J connectivity index is 1.81. The van der Waals surface area contributed by atoms with Gasteiger partial charge in [0.15, 0.2) is 0 Å². The highest BCUT2D eigenvalue weighted by atomic mass is 32.1. The van der Waals surface area contributed by atoms with Gasteiger partial charge in [-0.25, -0.2) is 0 Å². The normalized spacial score (nSPS) is 23.1. The van der Waals surface area contributed by atoms with Crippen LogP contribution in [0.5, 0.6) is 0 Å². The monoisotopic (exact) mass is 265 g/mol. The van der Waals surface area contributed by atoms with E-state index in [-0.39, 0.29) is 12.0 Å². The molecule has 0 bridgehead atoms. The molecule has 0 atom stereocenters. The van der Waals surface area contributed by atoms with Crippen LogP contribution in [0.4, 0.5) is 0 Å². The number of nitrogens with zero attached hydrogens (tertiary/aromatic N) is 1. The van der Waals surface area contributed by atoms with Crippen molar-refractivity contribution in [2.24, 2.45) is 5.92 Å². The average molecular weight is 265 g/mol. The van der Waals surface area contributed by atoms with Crippen LogP contribution in [0.3, 0.4) is 0 Å². The molecule has 1 aromatic heterocycles. The number of aliphatic hydroxyl groups excluding tert-OH is 1. The number of likely N-dealkylation sites (tertiary alicyclic amines) is 1. The quantitative estimate of drug-likeness (QED) is 0.908. The standard InChI is InChI=1S/C14H19NO2S/c16-10-11-8-15(9-11)13(17)14(5-1-2-6-14)12-4-3-7-18-12/h3-4,7,11,16H,1-2,5-6,8-10H2. The lowest BCUT2D eigenvalue weighted by Crippen LogP contribution is -2.56. The third-order valence-electron chi connectivity index (χ3n) is 4.36. The highest BCUT2D eigenvalue weighted by Gasteiger charge is 2.48. The highest BCUT2D eigenvalue weighted by Crippen LogP contribution is 2.45. The lowest BCUT2D eigenvalue weighted by Gasteiger charge is -2.43. The summed E-state index contributed by atoms with van der Waals surface area (Å²) in [4.78, 5) is 15.9. The van der Waals surface area contributed by atoms with Gasteiger partial charge in [0.2, 0.25) is 5.91 Å². The number of thiophene rings is 1. The molecule has 1 saturated carbocycles. The lowest BCUT2D eigenvalue weighted by atomic mass is 9.81. The number of hydrogen-bond acceptors (Lipinski definition) is 3. The molecule has 1 saturated heterocycles. The highest BCUT2D eigenvalue weighted by molar-refractivity contribution is 7.10. The van der Waals surface area contributed by atoms with Gasteiger partial charge in [0.25, 0.3) is 0 Å². The molecule has 3 rings (SSSR count). The van der Waals surface area contributed by atoms with Crippen molar-refractivity contribution in [3.05, 3.63) is 22.4 Å². The molecule has 0 aromatic carbocycles. The molecule has 2 heterocycles. The molecule has 1 aromatic rings. The van der Waals surface area contributed by atoms with E-state index in [1.165, 1.54) is 4.88 Å². The van der Waals surface area contributed by atoms with Crippen LogP contribution in [-0.2, 0) is 10.2 Å². The van der Waals surface area contributed by atoms with Crippen molar-refractivity contribution in [3.8, 4) is 0 Å². The van der Waals surface area contributed by atoms with Gasteiger partial charge in [-0.3, -0.25) is 4.79 Å². The largest absolute Gasteiger partial charge is 0.396 e. The summed E-state index contributed by atoms with van der Waals surface area (Å²) >= 11 is 1.71. The van der Waals surface area contributed by atoms with Crippen molar-refractivity contribution in [1.82, 2.24) is 4.90 Å². The van der Waals surface area contributed by atoms with E-state index in [0.29, 0.717) is 11.8 Å². The molecule has 18 heavy (non-hydrogen) atoms. The molecule has 98 valence electrons. The van der Waals surface area contributed by atoms with Gasteiger partial charge in [-0.2, -0.15) is 0 Å². The first kappa shape index (κ1) is 12.2. The van der Waals surface area contributed by atoms with Gasteiger partial charge in [-0.1, -0.05) is 18.9 Å². The predicted molar refractivity (Wildman–Crippen MR) is 71.6 cm³/mol. The molecule has 2 aliphatic rings. The fourth-order valence-corrected chi connectivity index (χ4v) is 4.23. The van der Waals surface area contributed by atoms with Crippen LogP contribution in [0.2, 0.25) is 0 Å². The topological polar surface area (TPSA) is 40.5 Å². The summed E-state index contributed by atoms with van der Waals surface area (Å²) in [6, 6.07) is 4.15. The Morgan fingerprint density at radius 2 is 2.17 bits per heavy atom. The molecule has 0 spiro atoms. The predicted octanol–water partition coefficient (Wildman–Crippen LogP) is 2.01. The second-order valence-electron chi connectivity index (χ2n) is 5.53. The molecular weight excluding hydrogens is 246 g/mol. The number of aliphatic hydroxyl groups is 1. The molecule has 1 N–H and O–H groups in total. The van der Waals surface area contributed by atoms with E-state index < -0.39 is 0 Å². The van der Waals surface area contributed by atoms with Gasteiger partial charge in [0.1, 0.15) is 0 Å². The Morgan fingerprint density at radius 3 is 2.72 bits per heavy atom. The summed E-state index contributed by atoms with van der Waals surface area (Å²) in [5.74, 6) is 0.600. The summed E-state index contributed by atoms with van der Waals surface area (Å²) in [5, 5.41) is 11.1. The van der Waals surface area contributed by atoms with Crippen LogP contribution in [0.1, 0.15) is 30.6 Å². The van der Waals surface area contributed by atoms with Crippen molar-refractivity contribution in [3.63, 3.8) is 0 Å². The van der Waals surface area contributed by atoms with Crippen LogP contribution in [0.25, 0.3) is 0 Å². The maximum atomic E-state index is 12.8. The Labute approximate surface area is 111 Å². The second-order valence-corrected chi connectivity index (χ2v) is 6.47. The van der Waals surface area contributed by atoms with Crippen molar-refractivity contribution in [2.75, 3.05) is 19.7 Å². The first-order valence-corrected chi connectivity index (χ1v) is 7.58. The van der Waals surface area contributed by atoms with Crippen molar-refractivity contribution < 1.29 is 9.90 Å². The lowest BCUT2D eigenvalue weighted by molar-refractivity contribution is -0.144. The van der Waals surface area contributed by atoms with E-state index in [2.05, 4.69) is 11.4 Å². The maximum Gasteiger partial charge on any atom is 0.234 e. The summed E-state index contributed by atoms with van der Waals surface area (Å²) in [6.45, 7) is 1.68. The Hall–Kier alpha value is -0.870. The van der Waals surface area contributed by atoms with Gasteiger partial charge in [-0.15, -0.1) is 11.3 Å². The number of carbonyl (C=O) groups is 1. The zero-order chi connectivity index (χ0) is 12.6. The number of amides is 1. The molecule has 1 amide bonds. The molecule has 2 fully saturated rings. The minimum atomic E-state index is -0.241. The second kappa shape index (κ2) is 4.67. The molecule has 1 aliphatic carbocycles. The summed E-state index contributed by atoms with van der Waals surface area (Å²) in [7, 11) is 0. The fraction of sp³-hybridized carbons (Fsp3) is 0.643. The SMILES string of the molecule is O=C(N1CC(CO)C1)C1(c2cccs2)CCCC1. The number of hydrogen-bond donors (Lipinski definition) is 1. The first-order valence-electron chi connectivity index (χ1n) is 6.70. The van der Waals surface area contributed by atoms with Gasteiger partial charge in [0, 0.05) is 30.5 Å². The van der Waals surface area contributed by atoms with Crippen molar-refractivity contribution in [1.29, 1.82) is 0 Å². The van der Waals surface area contributed by atoms with Crippen molar-refractivity contribution >= 4 is 17.2 Å². The summed E-state index contributed by atoms with van der Waals surface area (Å²) in [6.07, 6.45) is 4.29. The van der Waals surface area contributed by atoms with Gasteiger partial charge in [-0.05, 0) is 24.3 Å². The average Bonchev–Trinajstić information content (AvgIpc) is 2.99. The van der Waals surface area contributed by atoms with Crippen LogP contribution >= 0.6 is 11.3 Å². The van der Waals surface area contributed by atoms with Gasteiger partial charge >= 0.3 is 0 Å². The first-order chi connectivity index (χ1) is 8.76. The fourth-order valence-electron chi connectivity index (χ4n) is 3.25. The van der Waals surface area contributed by atoms with E-state index in [1.807, 2.05) is 11.0 Å². The van der Waals surface area contributed by atoms with Crippen LogP contribution < -0.4 is 0 Å². The minimum absolute atomic E-state index is 0.204. The van der Waals surface area contributed by atoms with E-state index >= 15 is 0 Å². The van der Waals surface area contributed by atoms with Gasteiger partial charge in [0.05, 0.1) is 5.41 Å². The Bertz CT molecular complexity index is 417.